The van der Waals surface area contributed by atoms with Gasteiger partial charge in [-0.15, -0.1) is 0 Å². The number of aromatic amines is 1. The first kappa shape index (κ1) is 16.0. The molecule has 1 aromatic carbocycles. The van der Waals surface area contributed by atoms with E-state index in [1.165, 1.54) is 0 Å². The molecule has 0 saturated heterocycles. The summed E-state index contributed by atoms with van der Waals surface area (Å²) in [6, 6.07) is 9.53. The molecule has 3 heterocycles. The van der Waals surface area contributed by atoms with E-state index in [4.69, 9.17) is 9.26 Å². The smallest absolute Gasteiger partial charge is 0.278 e. The summed E-state index contributed by atoms with van der Waals surface area (Å²) in [5, 5.41) is 11.0. The van der Waals surface area contributed by atoms with Crippen LogP contribution in [0.15, 0.2) is 34.9 Å². The lowest BCUT2D eigenvalue weighted by molar-refractivity contribution is 0.126. The lowest BCUT2D eigenvalue weighted by atomic mass is 10.1. The molecule has 0 bridgehead atoms. The zero-order chi connectivity index (χ0) is 17.4. The maximum Gasteiger partial charge on any atom is 0.278 e. The van der Waals surface area contributed by atoms with Crippen molar-refractivity contribution in [3.8, 4) is 11.6 Å². The largest absolute Gasteiger partial charge is 0.369 e. The van der Waals surface area contributed by atoms with E-state index in [1.807, 2.05) is 30.3 Å². The van der Waals surface area contributed by atoms with Crippen LogP contribution in [0.3, 0.4) is 0 Å². The van der Waals surface area contributed by atoms with Gasteiger partial charge in [0.05, 0.1) is 11.5 Å². The molecular formula is C16H16N4O4S. The quantitative estimate of drug-likeness (QED) is 0.753. The number of hydrogen-bond donors (Lipinski definition) is 1. The van der Waals surface area contributed by atoms with Crippen LogP contribution in [-0.4, -0.2) is 41.6 Å². The van der Waals surface area contributed by atoms with Gasteiger partial charge in [0.15, 0.2) is 15.5 Å². The van der Waals surface area contributed by atoms with Crippen molar-refractivity contribution in [1.82, 2.24) is 20.3 Å². The summed E-state index contributed by atoms with van der Waals surface area (Å²) in [5.41, 5.74) is 2.69. The molecule has 0 radical (unpaired) electrons. The van der Waals surface area contributed by atoms with Crippen LogP contribution < -0.4 is 0 Å². The van der Waals surface area contributed by atoms with Crippen molar-refractivity contribution < 1.29 is 17.7 Å². The highest BCUT2D eigenvalue weighted by molar-refractivity contribution is 7.90. The van der Waals surface area contributed by atoms with Gasteiger partial charge in [0.25, 0.3) is 5.89 Å². The Hall–Kier alpha value is -2.52. The van der Waals surface area contributed by atoms with Gasteiger partial charge in [-0.2, -0.15) is 10.1 Å². The Morgan fingerprint density at radius 1 is 1.28 bits per heavy atom. The highest BCUT2D eigenvalue weighted by atomic mass is 32.2. The van der Waals surface area contributed by atoms with Crippen molar-refractivity contribution in [2.45, 2.75) is 18.3 Å². The summed E-state index contributed by atoms with van der Waals surface area (Å²) >= 11 is 0. The number of aromatic nitrogens is 4. The van der Waals surface area contributed by atoms with Crippen LogP contribution in [0.4, 0.5) is 0 Å². The molecule has 25 heavy (non-hydrogen) atoms. The van der Waals surface area contributed by atoms with E-state index in [-0.39, 0.29) is 17.4 Å². The van der Waals surface area contributed by atoms with E-state index >= 15 is 0 Å². The number of ether oxygens (including phenoxy) is 1. The fraction of sp³-hybridized carbons (Fsp3) is 0.312. The van der Waals surface area contributed by atoms with Crippen LogP contribution in [0.25, 0.3) is 11.6 Å². The van der Waals surface area contributed by atoms with Crippen LogP contribution in [-0.2, 0) is 26.7 Å². The first-order valence-electron chi connectivity index (χ1n) is 7.75. The van der Waals surface area contributed by atoms with Gasteiger partial charge in [0.1, 0.15) is 6.10 Å². The number of hydrogen-bond acceptors (Lipinski definition) is 7. The van der Waals surface area contributed by atoms with Gasteiger partial charge < -0.3 is 9.26 Å². The second-order valence-corrected chi connectivity index (χ2v) is 8.04. The van der Waals surface area contributed by atoms with Gasteiger partial charge in [0.2, 0.25) is 5.82 Å². The molecule has 1 aliphatic heterocycles. The van der Waals surface area contributed by atoms with E-state index in [1.54, 1.807) is 7.11 Å². The van der Waals surface area contributed by atoms with Crippen LogP contribution in [0.5, 0.6) is 0 Å². The first-order valence-corrected chi connectivity index (χ1v) is 9.58. The molecule has 3 aromatic rings. The monoisotopic (exact) mass is 360 g/mol. The molecule has 0 amide bonds. The summed E-state index contributed by atoms with van der Waals surface area (Å²) < 4.78 is 34.6. The van der Waals surface area contributed by atoms with E-state index in [0.717, 1.165) is 11.3 Å². The van der Waals surface area contributed by atoms with Gasteiger partial charge in [-0.3, -0.25) is 5.10 Å². The van der Waals surface area contributed by atoms with Crippen molar-refractivity contribution in [3.05, 3.63) is 53.0 Å². The summed E-state index contributed by atoms with van der Waals surface area (Å²) in [6.07, 6.45) is -0.0617. The number of rotatable bonds is 4. The van der Waals surface area contributed by atoms with Gasteiger partial charge in [-0.1, -0.05) is 35.5 Å². The molecule has 1 N–H and O–H groups in total. The number of methoxy groups -OCH3 is 1. The average Bonchev–Trinajstić information content (AvgIpc) is 3.22. The summed E-state index contributed by atoms with van der Waals surface area (Å²) in [5.74, 6) is 0.594. The summed E-state index contributed by atoms with van der Waals surface area (Å²) in [7, 11) is -1.56. The summed E-state index contributed by atoms with van der Waals surface area (Å²) in [6.45, 7) is 0. The molecule has 0 saturated carbocycles. The number of sulfone groups is 1. The molecule has 1 atom stereocenters. The Morgan fingerprint density at radius 3 is 2.84 bits per heavy atom. The molecule has 1 unspecified atom stereocenters. The Labute approximate surface area is 144 Å². The number of nitrogens with zero attached hydrogens (tertiary/aromatic N) is 3. The third-order valence-corrected chi connectivity index (χ3v) is 5.75. The Kier molecular flexibility index (Phi) is 3.89. The molecule has 1 aliphatic rings. The molecule has 0 spiro atoms. The zero-order valence-electron chi connectivity index (χ0n) is 13.5. The Bertz CT molecular complexity index is 994. The van der Waals surface area contributed by atoms with Crippen molar-refractivity contribution in [1.29, 1.82) is 0 Å². The Morgan fingerprint density at radius 2 is 2.08 bits per heavy atom. The standard InChI is InChI=1S/C16H16N4O4S/c1-23-14(10-5-3-2-4-6-10)15-17-16(24-20-15)13-11-9-25(21,22)8-7-12(11)18-19-13/h2-6,14H,7-9H2,1H3,(H,18,19). The molecule has 0 fully saturated rings. The second kappa shape index (κ2) is 6.08. The second-order valence-electron chi connectivity index (χ2n) is 5.86. The number of fused-ring (bicyclic) bond motifs is 1. The average molecular weight is 360 g/mol. The normalized spacial score (nSPS) is 17.2. The SMILES string of the molecule is COC(c1ccccc1)c1noc(-c2n[nH]c3c2CS(=O)(=O)CC3)n1. The maximum atomic E-state index is 11.9. The molecule has 4 rings (SSSR count). The third-order valence-electron chi connectivity index (χ3n) is 4.20. The predicted molar refractivity (Wildman–Crippen MR) is 88.4 cm³/mol. The highest BCUT2D eigenvalue weighted by Crippen LogP contribution is 2.30. The molecular weight excluding hydrogens is 344 g/mol. The van der Waals surface area contributed by atoms with Gasteiger partial charge >= 0.3 is 0 Å². The third kappa shape index (κ3) is 2.96. The van der Waals surface area contributed by atoms with Crippen molar-refractivity contribution >= 4 is 9.84 Å². The lowest BCUT2D eigenvalue weighted by Crippen LogP contribution is -2.18. The minimum absolute atomic E-state index is 0.0712. The van der Waals surface area contributed by atoms with Crippen molar-refractivity contribution in [2.24, 2.45) is 0 Å². The van der Waals surface area contributed by atoms with Gasteiger partial charge in [-0.05, 0) is 5.56 Å². The Balaban J connectivity index is 1.70. The zero-order valence-corrected chi connectivity index (χ0v) is 14.3. The first-order chi connectivity index (χ1) is 12.1. The number of aryl methyl sites for hydroxylation is 1. The predicted octanol–water partition coefficient (Wildman–Crippen LogP) is 1.67. The topological polar surface area (TPSA) is 111 Å². The lowest BCUT2D eigenvalue weighted by Gasteiger charge is -2.11. The fourth-order valence-electron chi connectivity index (χ4n) is 2.95. The van der Waals surface area contributed by atoms with Crippen molar-refractivity contribution in [3.63, 3.8) is 0 Å². The van der Waals surface area contributed by atoms with Gasteiger partial charge in [-0.25, -0.2) is 8.42 Å². The molecule has 9 heteroatoms. The van der Waals surface area contributed by atoms with Crippen LogP contribution >= 0.6 is 0 Å². The van der Waals surface area contributed by atoms with Crippen LogP contribution in [0.2, 0.25) is 0 Å². The molecule has 2 aromatic heterocycles. The highest BCUT2D eigenvalue weighted by Gasteiger charge is 2.30. The minimum Gasteiger partial charge on any atom is -0.369 e. The molecule has 0 aliphatic carbocycles. The minimum atomic E-state index is -3.13. The number of H-pyrrole nitrogens is 1. The number of benzene rings is 1. The van der Waals surface area contributed by atoms with Gasteiger partial charge in [0, 0.05) is 24.8 Å². The maximum absolute atomic E-state index is 11.9. The van der Waals surface area contributed by atoms with Crippen LogP contribution in [0.1, 0.15) is 28.7 Å². The van der Waals surface area contributed by atoms with E-state index in [9.17, 15) is 8.42 Å². The number of nitrogens with one attached hydrogen (secondary N) is 1. The fourth-order valence-corrected chi connectivity index (χ4v) is 4.36. The van der Waals surface area contributed by atoms with E-state index < -0.39 is 15.9 Å². The van der Waals surface area contributed by atoms with Crippen LogP contribution in [0, 0.1) is 0 Å². The van der Waals surface area contributed by atoms with E-state index in [2.05, 4.69) is 20.3 Å². The molecule has 130 valence electrons. The van der Waals surface area contributed by atoms with Crippen molar-refractivity contribution in [2.75, 3.05) is 12.9 Å². The summed E-state index contributed by atoms with van der Waals surface area (Å²) in [4.78, 5) is 4.38. The van der Waals surface area contributed by atoms with E-state index in [0.29, 0.717) is 23.5 Å². The molecule has 8 nitrogen and oxygen atoms in total.